The first kappa shape index (κ1) is 14.6. The van der Waals surface area contributed by atoms with Crippen molar-refractivity contribution in [2.24, 2.45) is 5.41 Å². The molecule has 1 aliphatic rings. The quantitative estimate of drug-likeness (QED) is 0.882. The fourth-order valence-corrected chi connectivity index (χ4v) is 3.04. The van der Waals surface area contributed by atoms with Gasteiger partial charge in [0.05, 0.1) is 5.56 Å². The Morgan fingerprint density at radius 3 is 2.45 bits per heavy atom. The highest BCUT2D eigenvalue weighted by molar-refractivity contribution is 5.96. The van der Waals surface area contributed by atoms with Crippen LogP contribution in [0.1, 0.15) is 54.9 Å². The first-order valence-corrected chi connectivity index (χ1v) is 7.14. The number of carbonyl (C=O) groups is 2. The molecule has 0 aliphatic heterocycles. The van der Waals surface area contributed by atoms with Crippen molar-refractivity contribution >= 4 is 17.6 Å². The van der Waals surface area contributed by atoms with Gasteiger partial charge in [-0.1, -0.05) is 19.8 Å². The van der Waals surface area contributed by atoms with Crippen LogP contribution in [-0.4, -0.2) is 17.0 Å². The molecular weight excluding hydrogens is 254 g/mol. The molecule has 1 aliphatic carbocycles. The maximum atomic E-state index is 12.5. The molecule has 20 heavy (non-hydrogen) atoms. The molecule has 0 unspecified atom stereocenters. The summed E-state index contributed by atoms with van der Waals surface area (Å²) in [4.78, 5) is 23.4. The Morgan fingerprint density at radius 2 is 1.95 bits per heavy atom. The molecule has 1 saturated carbocycles. The van der Waals surface area contributed by atoms with Crippen molar-refractivity contribution in [1.29, 1.82) is 0 Å². The topological polar surface area (TPSA) is 66.4 Å². The molecule has 108 valence electrons. The Labute approximate surface area is 119 Å². The van der Waals surface area contributed by atoms with Gasteiger partial charge in [0.25, 0.3) is 0 Å². The summed E-state index contributed by atoms with van der Waals surface area (Å²) in [5.74, 6) is -0.874. The van der Waals surface area contributed by atoms with Gasteiger partial charge in [0.1, 0.15) is 0 Å². The van der Waals surface area contributed by atoms with Gasteiger partial charge in [0.2, 0.25) is 5.91 Å². The average molecular weight is 275 g/mol. The second-order valence-electron chi connectivity index (χ2n) is 5.63. The number of carbonyl (C=O) groups excluding carboxylic acids is 1. The van der Waals surface area contributed by atoms with E-state index in [0.29, 0.717) is 11.3 Å². The lowest BCUT2D eigenvalue weighted by Gasteiger charge is -2.26. The van der Waals surface area contributed by atoms with Gasteiger partial charge >= 0.3 is 5.97 Å². The van der Waals surface area contributed by atoms with Gasteiger partial charge in [-0.25, -0.2) is 4.79 Å². The molecule has 1 fully saturated rings. The first-order chi connectivity index (χ1) is 9.48. The van der Waals surface area contributed by atoms with E-state index in [1.807, 2.05) is 0 Å². The lowest BCUT2D eigenvalue weighted by atomic mass is 9.82. The third-order valence-corrected chi connectivity index (χ3v) is 4.43. The predicted molar refractivity (Wildman–Crippen MR) is 78.0 cm³/mol. The molecule has 2 N–H and O–H groups in total. The summed E-state index contributed by atoms with van der Waals surface area (Å²) >= 11 is 0. The zero-order chi connectivity index (χ0) is 14.8. The second-order valence-corrected chi connectivity index (χ2v) is 5.63. The Bertz CT molecular complexity index is 531. The minimum Gasteiger partial charge on any atom is -0.478 e. The van der Waals surface area contributed by atoms with Crippen LogP contribution in [0.4, 0.5) is 5.69 Å². The maximum Gasteiger partial charge on any atom is 0.335 e. The van der Waals surface area contributed by atoms with Crippen molar-refractivity contribution in [3.63, 3.8) is 0 Å². The fourth-order valence-electron chi connectivity index (χ4n) is 3.04. The van der Waals surface area contributed by atoms with E-state index in [0.717, 1.165) is 32.1 Å². The van der Waals surface area contributed by atoms with E-state index in [4.69, 9.17) is 5.11 Å². The van der Waals surface area contributed by atoms with Crippen LogP contribution in [0.3, 0.4) is 0 Å². The molecule has 1 aromatic carbocycles. The number of nitrogens with one attached hydrogen (secondary N) is 1. The lowest BCUT2D eigenvalue weighted by Crippen LogP contribution is -2.33. The molecule has 0 radical (unpaired) electrons. The van der Waals surface area contributed by atoms with Crippen molar-refractivity contribution in [3.05, 3.63) is 29.3 Å². The Hall–Kier alpha value is -1.84. The average Bonchev–Trinajstić information content (AvgIpc) is 2.88. The molecule has 0 atom stereocenters. The maximum absolute atomic E-state index is 12.5. The third kappa shape index (κ3) is 2.69. The van der Waals surface area contributed by atoms with Crippen LogP contribution in [0, 0.1) is 12.3 Å². The molecule has 1 aromatic rings. The summed E-state index contributed by atoms with van der Waals surface area (Å²) in [6, 6.07) is 4.92. The number of anilines is 1. The molecule has 4 heteroatoms. The van der Waals surface area contributed by atoms with Crippen molar-refractivity contribution in [3.8, 4) is 0 Å². The molecule has 2 rings (SSSR count). The van der Waals surface area contributed by atoms with E-state index in [9.17, 15) is 9.59 Å². The van der Waals surface area contributed by atoms with Crippen molar-refractivity contribution in [1.82, 2.24) is 0 Å². The third-order valence-electron chi connectivity index (χ3n) is 4.43. The second kappa shape index (κ2) is 5.65. The molecule has 0 spiro atoms. The highest BCUT2D eigenvalue weighted by atomic mass is 16.4. The number of aryl methyl sites for hydroxylation is 1. The van der Waals surface area contributed by atoms with Crippen LogP contribution < -0.4 is 5.32 Å². The Morgan fingerprint density at radius 1 is 1.30 bits per heavy atom. The van der Waals surface area contributed by atoms with Gasteiger partial charge < -0.3 is 10.4 Å². The summed E-state index contributed by atoms with van der Waals surface area (Å²) in [6.07, 6.45) is 4.96. The van der Waals surface area contributed by atoms with Crippen LogP contribution >= 0.6 is 0 Å². The number of hydrogen-bond donors (Lipinski definition) is 2. The zero-order valence-electron chi connectivity index (χ0n) is 12.0. The lowest BCUT2D eigenvalue weighted by molar-refractivity contribution is -0.125. The van der Waals surface area contributed by atoms with Crippen LogP contribution in [0.15, 0.2) is 18.2 Å². The number of carboxylic acids is 1. The molecule has 0 aromatic heterocycles. The van der Waals surface area contributed by atoms with Crippen LogP contribution in [0.2, 0.25) is 0 Å². The van der Waals surface area contributed by atoms with Crippen LogP contribution in [0.25, 0.3) is 0 Å². The SMILES string of the molecule is CCC1(C(=O)Nc2ccc(C(=O)O)c(C)c2)CCCC1. The number of amides is 1. The smallest absolute Gasteiger partial charge is 0.335 e. The van der Waals surface area contributed by atoms with Gasteiger partial charge in [-0.3, -0.25) is 4.79 Å². The minimum atomic E-state index is -0.943. The van der Waals surface area contributed by atoms with Crippen LogP contribution in [0.5, 0.6) is 0 Å². The minimum absolute atomic E-state index is 0.0694. The van der Waals surface area contributed by atoms with E-state index in [1.165, 1.54) is 0 Å². The summed E-state index contributed by atoms with van der Waals surface area (Å²) in [5.41, 5.74) is 1.37. The number of hydrogen-bond acceptors (Lipinski definition) is 2. The summed E-state index contributed by atoms with van der Waals surface area (Å²) in [7, 11) is 0. The predicted octanol–water partition coefficient (Wildman–Crippen LogP) is 3.60. The van der Waals surface area contributed by atoms with Crippen LogP contribution in [-0.2, 0) is 4.79 Å². The Kier molecular flexibility index (Phi) is 4.12. The Balaban J connectivity index is 2.16. The van der Waals surface area contributed by atoms with E-state index in [1.54, 1.807) is 25.1 Å². The van der Waals surface area contributed by atoms with Gasteiger partial charge in [-0.15, -0.1) is 0 Å². The molecule has 0 saturated heterocycles. The first-order valence-electron chi connectivity index (χ1n) is 7.14. The standard InChI is InChI=1S/C16H21NO3/c1-3-16(8-4-5-9-16)15(20)17-12-6-7-13(14(18)19)11(2)10-12/h6-7,10H,3-5,8-9H2,1-2H3,(H,17,20)(H,18,19). The molecule has 4 nitrogen and oxygen atoms in total. The largest absolute Gasteiger partial charge is 0.478 e. The normalized spacial score (nSPS) is 16.9. The molecule has 0 bridgehead atoms. The molecule has 1 amide bonds. The number of aromatic carboxylic acids is 1. The van der Waals surface area contributed by atoms with Gasteiger partial charge in [-0.05, 0) is 49.9 Å². The van der Waals surface area contributed by atoms with Crippen molar-refractivity contribution < 1.29 is 14.7 Å². The summed E-state index contributed by atoms with van der Waals surface area (Å²) in [5, 5.41) is 12.0. The summed E-state index contributed by atoms with van der Waals surface area (Å²) < 4.78 is 0. The van der Waals surface area contributed by atoms with E-state index in [-0.39, 0.29) is 16.9 Å². The summed E-state index contributed by atoms with van der Waals surface area (Å²) in [6.45, 7) is 3.80. The van der Waals surface area contributed by atoms with Gasteiger partial charge in [-0.2, -0.15) is 0 Å². The van der Waals surface area contributed by atoms with Gasteiger partial charge in [0, 0.05) is 11.1 Å². The molecule has 0 heterocycles. The van der Waals surface area contributed by atoms with Crippen molar-refractivity contribution in [2.45, 2.75) is 46.0 Å². The fraction of sp³-hybridized carbons (Fsp3) is 0.500. The highest BCUT2D eigenvalue weighted by Gasteiger charge is 2.39. The number of rotatable bonds is 4. The van der Waals surface area contributed by atoms with E-state index < -0.39 is 5.97 Å². The number of carboxylic acid groups (broad SMARTS) is 1. The van der Waals surface area contributed by atoms with E-state index >= 15 is 0 Å². The monoisotopic (exact) mass is 275 g/mol. The van der Waals surface area contributed by atoms with Crippen molar-refractivity contribution in [2.75, 3.05) is 5.32 Å². The zero-order valence-corrected chi connectivity index (χ0v) is 12.0. The highest BCUT2D eigenvalue weighted by Crippen LogP contribution is 2.41. The van der Waals surface area contributed by atoms with Gasteiger partial charge in [0.15, 0.2) is 0 Å². The van der Waals surface area contributed by atoms with E-state index in [2.05, 4.69) is 12.2 Å². The number of benzene rings is 1. The molecular formula is C16H21NO3.